The molecule has 1 aromatic rings. The number of hydrogen-bond donors (Lipinski definition) is 2. The molecule has 2 heterocycles. The van der Waals surface area contributed by atoms with E-state index in [2.05, 4.69) is 34.7 Å². The van der Waals surface area contributed by atoms with Gasteiger partial charge in [-0.15, -0.1) is 0 Å². The standard InChI is InChI=1S/C12H17N3/c1-10-3-2-6-14-12(10)15-9-11-4-7-13-8-5-11/h2-4,6,13H,5,7-9H2,1H3,(H,14,15). The topological polar surface area (TPSA) is 37.0 Å². The Morgan fingerprint density at radius 2 is 2.47 bits per heavy atom. The van der Waals surface area contributed by atoms with Gasteiger partial charge in [0.05, 0.1) is 0 Å². The molecule has 0 saturated heterocycles. The molecule has 2 rings (SSSR count). The monoisotopic (exact) mass is 203 g/mol. The first-order chi connectivity index (χ1) is 7.36. The molecule has 3 nitrogen and oxygen atoms in total. The predicted octanol–water partition coefficient (Wildman–Crippen LogP) is 1.72. The fraction of sp³-hybridized carbons (Fsp3) is 0.417. The third-order valence-electron chi connectivity index (χ3n) is 2.65. The Morgan fingerprint density at radius 3 is 3.20 bits per heavy atom. The van der Waals surface area contributed by atoms with Crippen LogP contribution >= 0.6 is 0 Å². The lowest BCUT2D eigenvalue weighted by Crippen LogP contribution is -2.23. The summed E-state index contributed by atoms with van der Waals surface area (Å²) in [5, 5.41) is 6.68. The fourth-order valence-corrected chi connectivity index (χ4v) is 1.70. The Labute approximate surface area is 90.6 Å². The molecule has 0 spiro atoms. The summed E-state index contributed by atoms with van der Waals surface area (Å²) in [5.74, 6) is 0.997. The second kappa shape index (κ2) is 4.94. The number of anilines is 1. The average molecular weight is 203 g/mol. The minimum atomic E-state index is 0.916. The number of rotatable bonds is 3. The normalized spacial score (nSPS) is 15.9. The van der Waals surface area contributed by atoms with Crippen molar-refractivity contribution in [3.63, 3.8) is 0 Å². The van der Waals surface area contributed by atoms with E-state index in [0.29, 0.717) is 0 Å². The van der Waals surface area contributed by atoms with Crippen LogP contribution in [0.4, 0.5) is 5.82 Å². The van der Waals surface area contributed by atoms with Crippen LogP contribution in [0.1, 0.15) is 12.0 Å². The van der Waals surface area contributed by atoms with Gasteiger partial charge >= 0.3 is 0 Å². The maximum absolute atomic E-state index is 4.31. The molecule has 0 atom stereocenters. The zero-order valence-electron chi connectivity index (χ0n) is 9.09. The van der Waals surface area contributed by atoms with Crippen LogP contribution in [0.5, 0.6) is 0 Å². The van der Waals surface area contributed by atoms with E-state index in [1.54, 1.807) is 0 Å². The maximum atomic E-state index is 4.31. The van der Waals surface area contributed by atoms with E-state index in [1.165, 1.54) is 11.1 Å². The van der Waals surface area contributed by atoms with Gasteiger partial charge in [0, 0.05) is 19.3 Å². The number of hydrogen-bond acceptors (Lipinski definition) is 3. The van der Waals surface area contributed by atoms with E-state index in [9.17, 15) is 0 Å². The number of aryl methyl sites for hydroxylation is 1. The maximum Gasteiger partial charge on any atom is 0.129 e. The van der Waals surface area contributed by atoms with Gasteiger partial charge in [-0.05, 0) is 31.5 Å². The predicted molar refractivity (Wildman–Crippen MR) is 63.0 cm³/mol. The van der Waals surface area contributed by atoms with Gasteiger partial charge in [-0.3, -0.25) is 0 Å². The van der Waals surface area contributed by atoms with E-state index in [1.807, 2.05) is 12.3 Å². The first-order valence-electron chi connectivity index (χ1n) is 5.40. The highest BCUT2D eigenvalue weighted by Crippen LogP contribution is 2.11. The molecule has 0 aromatic carbocycles. The summed E-state index contributed by atoms with van der Waals surface area (Å²) in [5.41, 5.74) is 2.67. The molecule has 0 radical (unpaired) electrons. The van der Waals surface area contributed by atoms with Crippen LogP contribution < -0.4 is 10.6 Å². The molecule has 0 bridgehead atoms. The van der Waals surface area contributed by atoms with E-state index in [4.69, 9.17) is 0 Å². The summed E-state index contributed by atoms with van der Waals surface area (Å²) in [7, 11) is 0. The molecule has 2 N–H and O–H groups in total. The molecule has 1 aromatic heterocycles. The van der Waals surface area contributed by atoms with Crippen LogP contribution in [0.3, 0.4) is 0 Å². The van der Waals surface area contributed by atoms with Crippen molar-refractivity contribution in [2.45, 2.75) is 13.3 Å². The fourth-order valence-electron chi connectivity index (χ4n) is 1.70. The highest BCUT2D eigenvalue weighted by Gasteiger charge is 2.03. The van der Waals surface area contributed by atoms with E-state index >= 15 is 0 Å². The molecule has 0 aliphatic carbocycles. The van der Waals surface area contributed by atoms with Crippen LogP contribution in [0, 0.1) is 6.92 Å². The number of pyridine rings is 1. The Bertz CT molecular complexity index is 358. The Balaban J connectivity index is 1.93. The van der Waals surface area contributed by atoms with Gasteiger partial charge < -0.3 is 10.6 Å². The Morgan fingerprint density at radius 1 is 1.53 bits per heavy atom. The summed E-state index contributed by atoms with van der Waals surface area (Å²) >= 11 is 0. The van der Waals surface area contributed by atoms with Gasteiger partial charge in [0.1, 0.15) is 5.82 Å². The van der Waals surface area contributed by atoms with E-state index < -0.39 is 0 Å². The molecule has 80 valence electrons. The Kier molecular flexibility index (Phi) is 3.35. The molecule has 1 aliphatic heterocycles. The van der Waals surface area contributed by atoms with Crippen molar-refractivity contribution in [1.82, 2.24) is 10.3 Å². The van der Waals surface area contributed by atoms with Crippen LogP contribution in [-0.2, 0) is 0 Å². The van der Waals surface area contributed by atoms with Crippen molar-refractivity contribution < 1.29 is 0 Å². The van der Waals surface area contributed by atoms with Crippen LogP contribution in [0.15, 0.2) is 30.0 Å². The third-order valence-corrected chi connectivity index (χ3v) is 2.65. The molecule has 0 saturated carbocycles. The van der Waals surface area contributed by atoms with Crippen LogP contribution in [-0.4, -0.2) is 24.6 Å². The highest BCUT2D eigenvalue weighted by molar-refractivity contribution is 5.43. The molecular weight excluding hydrogens is 186 g/mol. The van der Waals surface area contributed by atoms with Crippen molar-refractivity contribution in [2.75, 3.05) is 25.0 Å². The van der Waals surface area contributed by atoms with Crippen LogP contribution in [0.25, 0.3) is 0 Å². The van der Waals surface area contributed by atoms with Crippen molar-refractivity contribution in [3.05, 3.63) is 35.5 Å². The quantitative estimate of drug-likeness (QED) is 0.734. The summed E-state index contributed by atoms with van der Waals surface area (Å²) in [6.45, 7) is 5.08. The largest absolute Gasteiger partial charge is 0.366 e. The minimum Gasteiger partial charge on any atom is -0.366 e. The molecule has 3 heteroatoms. The average Bonchev–Trinajstić information content (AvgIpc) is 2.29. The number of nitrogens with zero attached hydrogens (tertiary/aromatic N) is 1. The molecular formula is C12H17N3. The summed E-state index contributed by atoms with van der Waals surface area (Å²) < 4.78 is 0. The molecule has 0 fully saturated rings. The SMILES string of the molecule is Cc1cccnc1NCC1=CCNCC1. The van der Waals surface area contributed by atoms with E-state index in [-0.39, 0.29) is 0 Å². The van der Waals surface area contributed by atoms with E-state index in [0.717, 1.165) is 31.9 Å². The van der Waals surface area contributed by atoms with Gasteiger partial charge in [-0.1, -0.05) is 17.7 Å². The van der Waals surface area contributed by atoms with Gasteiger partial charge in [0.25, 0.3) is 0 Å². The lowest BCUT2D eigenvalue weighted by Gasteiger charge is -2.15. The lowest BCUT2D eigenvalue weighted by molar-refractivity contribution is 0.697. The summed E-state index contributed by atoms with van der Waals surface area (Å²) in [6, 6.07) is 4.04. The smallest absolute Gasteiger partial charge is 0.129 e. The highest BCUT2D eigenvalue weighted by atomic mass is 15.0. The molecule has 0 unspecified atom stereocenters. The van der Waals surface area contributed by atoms with Crippen molar-refractivity contribution >= 4 is 5.82 Å². The van der Waals surface area contributed by atoms with Gasteiger partial charge in [-0.25, -0.2) is 4.98 Å². The van der Waals surface area contributed by atoms with Gasteiger partial charge in [-0.2, -0.15) is 0 Å². The third kappa shape index (κ3) is 2.80. The van der Waals surface area contributed by atoms with Gasteiger partial charge in [0.15, 0.2) is 0 Å². The zero-order chi connectivity index (χ0) is 10.5. The van der Waals surface area contributed by atoms with Gasteiger partial charge in [0.2, 0.25) is 0 Å². The molecule has 15 heavy (non-hydrogen) atoms. The zero-order valence-corrected chi connectivity index (χ0v) is 9.09. The summed E-state index contributed by atoms with van der Waals surface area (Å²) in [4.78, 5) is 4.31. The number of aromatic nitrogens is 1. The van der Waals surface area contributed by atoms with Crippen LogP contribution in [0.2, 0.25) is 0 Å². The lowest BCUT2D eigenvalue weighted by atomic mass is 10.1. The van der Waals surface area contributed by atoms with Crippen molar-refractivity contribution in [2.24, 2.45) is 0 Å². The Hall–Kier alpha value is -1.35. The van der Waals surface area contributed by atoms with Crippen molar-refractivity contribution in [3.8, 4) is 0 Å². The minimum absolute atomic E-state index is 0.916. The first kappa shape index (κ1) is 10.2. The van der Waals surface area contributed by atoms with Crippen molar-refractivity contribution in [1.29, 1.82) is 0 Å². The second-order valence-electron chi connectivity index (χ2n) is 3.84. The summed E-state index contributed by atoms with van der Waals surface area (Å²) in [6.07, 6.45) is 5.22. The molecule has 1 aliphatic rings. The molecule has 0 amide bonds. The second-order valence-corrected chi connectivity index (χ2v) is 3.84. The first-order valence-corrected chi connectivity index (χ1v) is 5.40. The number of nitrogens with one attached hydrogen (secondary N) is 2.